The number of H-pyrrole nitrogens is 1. The molecule has 0 spiro atoms. The van der Waals surface area contributed by atoms with Gasteiger partial charge in [0.2, 0.25) is 0 Å². The zero-order chi connectivity index (χ0) is 13.4. The van der Waals surface area contributed by atoms with Crippen molar-refractivity contribution in [1.29, 1.82) is 0 Å². The maximum Gasteiger partial charge on any atom is 0.277 e. The highest BCUT2D eigenvalue weighted by Gasteiger charge is 2.15. The molecule has 90 valence electrons. The Labute approximate surface area is 110 Å². The lowest BCUT2D eigenvalue weighted by molar-refractivity contribution is -0.384. The van der Waals surface area contributed by atoms with E-state index in [9.17, 15) is 10.1 Å². The van der Waals surface area contributed by atoms with Crippen molar-refractivity contribution in [3.8, 4) is 11.1 Å². The summed E-state index contributed by atoms with van der Waals surface area (Å²) in [6, 6.07) is 12.2. The Kier molecular flexibility index (Phi) is 2.60. The van der Waals surface area contributed by atoms with Crippen molar-refractivity contribution in [2.45, 2.75) is 0 Å². The van der Waals surface area contributed by atoms with E-state index in [1.54, 1.807) is 6.07 Å². The topological polar surface area (TPSA) is 58.9 Å². The third kappa shape index (κ3) is 1.99. The highest BCUT2D eigenvalue weighted by molar-refractivity contribution is 6.32. The minimum absolute atomic E-state index is 0.0593. The second kappa shape index (κ2) is 4.28. The zero-order valence-electron chi connectivity index (χ0n) is 9.96. The van der Waals surface area contributed by atoms with Crippen molar-refractivity contribution in [2.75, 3.05) is 0 Å². The van der Waals surface area contributed by atoms with Crippen molar-refractivity contribution in [3.05, 3.63) is 58.8 Å². The summed E-state index contributed by atoms with van der Waals surface area (Å²) < 4.78 is 0. The fourth-order valence-electron chi connectivity index (χ4n) is 2.16. The average Bonchev–Trinajstić information content (AvgIpc) is 2.85. The second-order valence-electron chi connectivity index (χ2n) is 4.31. The van der Waals surface area contributed by atoms with E-state index in [2.05, 4.69) is 4.98 Å². The smallest absolute Gasteiger partial charge is 0.277 e. The van der Waals surface area contributed by atoms with Crippen LogP contribution in [0.15, 0.2) is 48.7 Å². The summed E-state index contributed by atoms with van der Waals surface area (Å²) in [5, 5.41) is 12.1. The quantitative estimate of drug-likeness (QED) is 0.430. The van der Waals surface area contributed by atoms with Crippen molar-refractivity contribution in [3.63, 3.8) is 0 Å². The Morgan fingerprint density at radius 3 is 2.74 bits per heavy atom. The molecule has 19 heavy (non-hydrogen) atoms. The van der Waals surface area contributed by atoms with Crippen LogP contribution in [0.25, 0.3) is 22.0 Å². The summed E-state index contributed by atoms with van der Waals surface area (Å²) in [4.78, 5) is 13.8. The monoisotopic (exact) mass is 248 g/mol. The molecule has 0 atom stereocenters. The number of aromatic nitrogens is 1. The van der Waals surface area contributed by atoms with E-state index in [0.717, 1.165) is 16.5 Å². The fraction of sp³-hybridized carbons (Fsp3) is 0. The maximum absolute atomic E-state index is 11.1. The predicted octanol–water partition coefficient (Wildman–Crippen LogP) is 2.54. The first-order valence-electron chi connectivity index (χ1n) is 5.76. The van der Waals surface area contributed by atoms with Crippen LogP contribution in [0.4, 0.5) is 5.69 Å². The Balaban J connectivity index is 2.24. The summed E-state index contributed by atoms with van der Waals surface area (Å²) in [6.07, 6.45) is 1.84. The van der Waals surface area contributed by atoms with Crippen LogP contribution in [-0.2, 0) is 0 Å². The molecule has 1 aromatic heterocycles. The van der Waals surface area contributed by atoms with Gasteiger partial charge in [0.25, 0.3) is 5.69 Å². The normalized spacial score (nSPS) is 10.7. The lowest BCUT2D eigenvalue weighted by Gasteiger charge is -2.05. The van der Waals surface area contributed by atoms with E-state index in [-0.39, 0.29) is 5.69 Å². The highest BCUT2D eigenvalue weighted by Crippen LogP contribution is 2.30. The first kappa shape index (κ1) is 11.5. The first-order valence-corrected chi connectivity index (χ1v) is 5.76. The number of nitro groups is 1. The molecular weight excluding hydrogens is 239 g/mol. The van der Waals surface area contributed by atoms with Crippen molar-refractivity contribution in [1.82, 2.24) is 4.98 Å². The molecule has 3 rings (SSSR count). The van der Waals surface area contributed by atoms with Crippen LogP contribution in [0.3, 0.4) is 0 Å². The number of nitrogens with one attached hydrogen (secondary N) is 1. The molecule has 0 aliphatic rings. The van der Waals surface area contributed by atoms with Gasteiger partial charge in [-0.3, -0.25) is 10.1 Å². The lowest BCUT2D eigenvalue weighted by Crippen LogP contribution is -2.03. The van der Waals surface area contributed by atoms with Crippen LogP contribution in [0.5, 0.6) is 0 Å². The minimum Gasteiger partial charge on any atom is -0.361 e. The van der Waals surface area contributed by atoms with Gasteiger partial charge in [-0.15, -0.1) is 0 Å². The second-order valence-corrected chi connectivity index (χ2v) is 4.31. The van der Waals surface area contributed by atoms with Gasteiger partial charge in [0, 0.05) is 17.8 Å². The zero-order valence-corrected chi connectivity index (χ0v) is 9.96. The molecule has 1 heterocycles. The Bertz CT molecular complexity index is 780. The molecule has 0 saturated carbocycles. The molecule has 0 amide bonds. The van der Waals surface area contributed by atoms with Crippen molar-refractivity contribution in [2.24, 2.45) is 0 Å². The third-order valence-electron chi connectivity index (χ3n) is 3.08. The van der Waals surface area contributed by atoms with Gasteiger partial charge in [0.05, 0.1) is 10.5 Å². The summed E-state index contributed by atoms with van der Waals surface area (Å²) in [5.74, 6) is 0. The van der Waals surface area contributed by atoms with Gasteiger partial charge in [-0.05, 0) is 29.1 Å². The largest absolute Gasteiger partial charge is 0.361 e. The van der Waals surface area contributed by atoms with Crippen molar-refractivity contribution >= 4 is 29.9 Å². The van der Waals surface area contributed by atoms with Crippen LogP contribution in [0.1, 0.15) is 0 Å². The Morgan fingerprint density at radius 1 is 1.11 bits per heavy atom. The van der Waals surface area contributed by atoms with Gasteiger partial charge >= 0.3 is 0 Å². The summed E-state index contributed by atoms with van der Waals surface area (Å²) >= 11 is 0. The van der Waals surface area contributed by atoms with Crippen molar-refractivity contribution < 1.29 is 4.92 Å². The van der Waals surface area contributed by atoms with Crippen LogP contribution >= 0.6 is 0 Å². The molecule has 0 unspecified atom stereocenters. The molecule has 3 aromatic rings. The van der Waals surface area contributed by atoms with E-state index in [0.29, 0.717) is 11.0 Å². The fourth-order valence-corrected chi connectivity index (χ4v) is 2.16. The molecule has 2 aromatic carbocycles. The van der Waals surface area contributed by atoms with Crippen LogP contribution in [0.2, 0.25) is 0 Å². The van der Waals surface area contributed by atoms with Gasteiger partial charge in [0.15, 0.2) is 0 Å². The van der Waals surface area contributed by atoms with E-state index in [1.165, 1.54) is 12.1 Å². The van der Waals surface area contributed by atoms with Gasteiger partial charge < -0.3 is 4.98 Å². The molecule has 2 radical (unpaired) electrons. The van der Waals surface area contributed by atoms with E-state index in [4.69, 9.17) is 7.85 Å². The SMILES string of the molecule is [B]c1ccc([N+](=O)[O-])c(-c2ccc3[nH]ccc3c2)c1. The van der Waals surface area contributed by atoms with Gasteiger partial charge in [-0.25, -0.2) is 0 Å². The standard InChI is InChI=1S/C14H9BN2O2/c15-11-2-4-14(17(18)19)12(8-11)9-1-3-13-10(7-9)5-6-16-13/h1-8,16H. The number of hydrogen-bond acceptors (Lipinski definition) is 2. The van der Waals surface area contributed by atoms with E-state index in [1.807, 2.05) is 30.5 Å². The maximum atomic E-state index is 11.1. The number of hydrogen-bond donors (Lipinski definition) is 1. The molecule has 4 nitrogen and oxygen atoms in total. The first-order chi connectivity index (χ1) is 9.15. The Hall–Kier alpha value is -2.56. The molecule has 0 fully saturated rings. The summed E-state index contributed by atoms with van der Waals surface area (Å²) in [6.45, 7) is 0. The van der Waals surface area contributed by atoms with Crippen LogP contribution in [-0.4, -0.2) is 17.8 Å². The average molecular weight is 248 g/mol. The number of fused-ring (bicyclic) bond motifs is 1. The highest BCUT2D eigenvalue weighted by atomic mass is 16.6. The third-order valence-corrected chi connectivity index (χ3v) is 3.08. The molecule has 1 N–H and O–H groups in total. The Morgan fingerprint density at radius 2 is 1.95 bits per heavy atom. The molecule has 5 heteroatoms. The molecular formula is C14H9BN2O2. The van der Waals surface area contributed by atoms with E-state index < -0.39 is 4.92 Å². The van der Waals surface area contributed by atoms with E-state index >= 15 is 0 Å². The minimum atomic E-state index is -0.393. The summed E-state index contributed by atoms with van der Waals surface area (Å²) in [5.41, 5.74) is 2.88. The van der Waals surface area contributed by atoms with Gasteiger partial charge in [-0.1, -0.05) is 23.7 Å². The predicted molar refractivity (Wildman–Crippen MR) is 75.8 cm³/mol. The lowest BCUT2D eigenvalue weighted by atomic mass is 9.91. The number of aromatic amines is 1. The van der Waals surface area contributed by atoms with Gasteiger partial charge in [-0.2, -0.15) is 0 Å². The number of nitro benzene ring substituents is 1. The van der Waals surface area contributed by atoms with Crippen LogP contribution < -0.4 is 5.46 Å². The molecule has 0 aliphatic carbocycles. The number of benzene rings is 2. The van der Waals surface area contributed by atoms with Crippen LogP contribution in [0, 0.1) is 10.1 Å². The molecule has 0 saturated heterocycles. The molecule has 0 aliphatic heterocycles. The summed E-state index contributed by atoms with van der Waals surface area (Å²) in [7, 11) is 5.73. The number of rotatable bonds is 2. The molecule has 0 bridgehead atoms. The number of nitrogens with zero attached hydrogens (tertiary/aromatic N) is 1. The van der Waals surface area contributed by atoms with Gasteiger partial charge in [0.1, 0.15) is 7.85 Å².